The van der Waals surface area contributed by atoms with Crippen LogP contribution in [0.25, 0.3) is 0 Å². The van der Waals surface area contributed by atoms with Gasteiger partial charge in [-0.2, -0.15) is 5.26 Å². The number of methoxy groups -OCH3 is 1. The molecule has 1 aromatic rings. The summed E-state index contributed by atoms with van der Waals surface area (Å²) < 4.78 is 5.45. The molecule has 0 fully saturated rings. The van der Waals surface area contributed by atoms with Crippen molar-refractivity contribution in [1.82, 2.24) is 5.32 Å². The number of hydrogen-bond acceptors (Lipinski definition) is 3. The molecule has 3 heteroatoms. The molecule has 0 aliphatic rings. The standard InChI is InChI=1S/C15H22N2O/c1-6-12(9-16)15(17-4)13-7-10(2)11(3)8-14(13)18-5/h7-8,12,15,17H,6H2,1-5H3. The van der Waals surface area contributed by atoms with Crippen LogP contribution >= 0.6 is 0 Å². The normalized spacial score (nSPS) is 13.8. The summed E-state index contributed by atoms with van der Waals surface area (Å²) in [6.07, 6.45) is 0.818. The van der Waals surface area contributed by atoms with Crippen LogP contribution in [-0.4, -0.2) is 14.2 Å². The van der Waals surface area contributed by atoms with Crippen molar-refractivity contribution in [3.05, 3.63) is 28.8 Å². The minimum absolute atomic E-state index is 0.00856. The Labute approximate surface area is 110 Å². The van der Waals surface area contributed by atoms with Crippen LogP contribution in [-0.2, 0) is 0 Å². The monoisotopic (exact) mass is 246 g/mol. The summed E-state index contributed by atoms with van der Waals surface area (Å²) in [6.45, 7) is 6.18. The van der Waals surface area contributed by atoms with Crippen molar-refractivity contribution >= 4 is 0 Å². The Balaban J connectivity index is 3.28. The molecule has 3 nitrogen and oxygen atoms in total. The van der Waals surface area contributed by atoms with Gasteiger partial charge in [0.25, 0.3) is 0 Å². The van der Waals surface area contributed by atoms with Gasteiger partial charge in [0, 0.05) is 5.56 Å². The molecule has 0 bridgehead atoms. The highest BCUT2D eigenvalue weighted by Gasteiger charge is 2.23. The zero-order chi connectivity index (χ0) is 13.7. The largest absolute Gasteiger partial charge is 0.496 e. The molecule has 0 spiro atoms. The molecule has 18 heavy (non-hydrogen) atoms. The fourth-order valence-corrected chi connectivity index (χ4v) is 2.21. The molecule has 1 N–H and O–H groups in total. The van der Waals surface area contributed by atoms with Crippen LogP contribution in [0.2, 0.25) is 0 Å². The third kappa shape index (κ3) is 2.83. The van der Waals surface area contributed by atoms with Crippen molar-refractivity contribution in [2.45, 2.75) is 33.2 Å². The van der Waals surface area contributed by atoms with Gasteiger partial charge in [-0.15, -0.1) is 0 Å². The highest BCUT2D eigenvalue weighted by Crippen LogP contribution is 2.33. The Bertz CT molecular complexity index is 449. The first-order valence-corrected chi connectivity index (χ1v) is 6.31. The van der Waals surface area contributed by atoms with Gasteiger partial charge in [-0.25, -0.2) is 0 Å². The number of rotatable bonds is 5. The van der Waals surface area contributed by atoms with Gasteiger partial charge in [0.15, 0.2) is 0 Å². The predicted molar refractivity (Wildman–Crippen MR) is 73.7 cm³/mol. The van der Waals surface area contributed by atoms with E-state index in [2.05, 4.69) is 31.3 Å². The summed E-state index contributed by atoms with van der Waals surface area (Å²) in [5.74, 6) is 0.803. The SMILES string of the molecule is CCC(C#N)C(NC)c1cc(C)c(C)cc1OC. The van der Waals surface area contributed by atoms with Crippen molar-refractivity contribution in [3.8, 4) is 11.8 Å². The number of nitrogens with one attached hydrogen (secondary N) is 1. The summed E-state index contributed by atoms with van der Waals surface area (Å²) in [6, 6.07) is 6.54. The van der Waals surface area contributed by atoms with Gasteiger partial charge in [0.1, 0.15) is 5.75 Å². The van der Waals surface area contributed by atoms with Crippen molar-refractivity contribution in [1.29, 1.82) is 5.26 Å². The average Bonchev–Trinajstić information content (AvgIpc) is 2.38. The van der Waals surface area contributed by atoms with E-state index in [1.54, 1.807) is 7.11 Å². The molecular formula is C15H22N2O. The first-order valence-electron chi connectivity index (χ1n) is 6.31. The van der Waals surface area contributed by atoms with Crippen LogP contribution in [0, 0.1) is 31.1 Å². The van der Waals surface area contributed by atoms with Gasteiger partial charge in [-0.3, -0.25) is 0 Å². The first-order chi connectivity index (χ1) is 8.58. The van der Waals surface area contributed by atoms with Crippen LogP contribution in [0.1, 0.15) is 36.1 Å². The zero-order valence-electron chi connectivity index (χ0n) is 11.9. The Kier molecular flexibility index (Phi) is 5.18. The minimum atomic E-state index is -0.0500. The lowest BCUT2D eigenvalue weighted by Crippen LogP contribution is -2.24. The molecule has 0 aliphatic carbocycles. The lowest BCUT2D eigenvalue weighted by atomic mass is 9.89. The molecule has 1 aromatic carbocycles. The molecular weight excluding hydrogens is 224 g/mol. The molecule has 0 saturated heterocycles. The van der Waals surface area contributed by atoms with E-state index in [0.717, 1.165) is 17.7 Å². The van der Waals surface area contributed by atoms with Gasteiger partial charge < -0.3 is 10.1 Å². The first kappa shape index (κ1) is 14.5. The predicted octanol–water partition coefficient (Wildman–Crippen LogP) is 3.12. The van der Waals surface area contributed by atoms with Gasteiger partial charge in [0.2, 0.25) is 0 Å². The molecule has 98 valence electrons. The van der Waals surface area contributed by atoms with E-state index in [-0.39, 0.29) is 12.0 Å². The third-order valence-electron chi connectivity index (χ3n) is 3.50. The lowest BCUT2D eigenvalue weighted by Gasteiger charge is -2.24. The second-order valence-electron chi connectivity index (χ2n) is 4.59. The van der Waals surface area contributed by atoms with E-state index >= 15 is 0 Å². The Morgan fingerprint density at radius 3 is 2.39 bits per heavy atom. The zero-order valence-corrected chi connectivity index (χ0v) is 11.9. The van der Waals surface area contributed by atoms with Crippen molar-refractivity contribution in [3.63, 3.8) is 0 Å². The van der Waals surface area contributed by atoms with Gasteiger partial charge in [-0.1, -0.05) is 13.0 Å². The Morgan fingerprint density at radius 2 is 1.94 bits per heavy atom. The van der Waals surface area contributed by atoms with Gasteiger partial charge in [-0.05, 0) is 44.5 Å². The van der Waals surface area contributed by atoms with Gasteiger partial charge in [0.05, 0.1) is 25.1 Å². The highest BCUT2D eigenvalue weighted by molar-refractivity contribution is 5.44. The highest BCUT2D eigenvalue weighted by atomic mass is 16.5. The number of ether oxygens (including phenoxy) is 1. The van der Waals surface area contributed by atoms with E-state index < -0.39 is 0 Å². The van der Waals surface area contributed by atoms with E-state index in [4.69, 9.17) is 4.74 Å². The maximum absolute atomic E-state index is 9.25. The molecule has 2 unspecified atom stereocenters. The molecule has 1 rings (SSSR count). The van der Waals surface area contributed by atoms with E-state index in [0.29, 0.717) is 0 Å². The van der Waals surface area contributed by atoms with Crippen LogP contribution in [0.15, 0.2) is 12.1 Å². The molecule has 0 radical (unpaired) electrons. The molecule has 0 aromatic heterocycles. The van der Waals surface area contributed by atoms with Crippen LogP contribution in [0.5, 0.6) is 5.75 Å². The van der Waals surface area contributed by atoms with Crippen molar-refractivity contribution in [2.24, 2.45) is 5.92 Å². The fourth-order valence-electron chi connectivity index (χ4n) is 2.21. The number of benzene rings is 1. The van der Waals surface area contributed by atoms with Gasteiger partial charge >= 0.3 is 0 Å². The molecule has 0 amide bonds. The molecule has 0 aliphatic heterocycles. The number of nitriles is 1. The summed E-state index contributed by atoms with van der Waals surface area (Å²) >= 11 is 0. The summed E-state index contributed by atoms with van der Waals surface area (Å²) in [7, 11) is 3.56. The average molecular weight is 246 g/mol. The summed E-state index contributed by atoms with van der Waals surface area (Å²) in [5, 5.41) is 12.5. The Morgan fingerprint density at radius 1 is 1.33 bits per heavy atom. The second-order valence-corrected chi connectivity index (χ2v) is 4.59. The van der Waals surface area contributed by atoms with E-state index in [9.17, 15) is 5.26 Å². The molecule has 0 saturated carbocycles. The van der Waals surface area contributed by atoms with Crippen molar-refractivity contribution < 1.29 is 4.74 Å². The third-order valence-corrected chi connectivity index (χ3v) is 3.50. The van der Waals surface area contributed by atoms with Crippen LogP contribution in [0.4, 0.5) is 0 Å². The fraction of sp³-hybridized carbons (Fsp3) is 0.533. The van der Waals surface area contributed by atoms with Crippen LogP contribution in [0.3, 0.4) is 0 Å². The number of nitrogens with zero attached hydrogens (tertiary/aromatic N) is 1. The second kappa shape index (κ2) is 6.42. The van der Waals surface area contributed by atoms with Crippen molar-refractivity contribution in [2.75, 3.05) is 14.2 Å². The van der Waals surface area contributed by atoms with E-state index in [1.165, 1.54) is 11.1 Å². The topological polar surface area (TPSA) is 45.0 Å². The Hall–Kier alpha value is -1.53. The quantitative estimate of drug-likeness (QED) is 0.868. The number of aryl methyl sites for hydroxylation is 2. The number of hydrogen-bond donors (Lipinski definition) is 1. The molecule has 0 heterocycles. The maximum atomic E-state index is 9.25. The smallest absolute Gasteiger partial charge is 0.123 e. The summed E-state index contributed by atoms with van der Waals surface area (Å²) in [4.78, 5) is 0. The maximum Gasteiger partial charge on any atom is 0.123 e. The molecule has 2 atom stereocenters. The van der Waals surface area contributed by atoms with Crippen LogP contribution < -0.4 is 10.1 Å². The minimum Gasteiger partial charge on any atom is -0.496 e. The van der Waals surface area contributed by atoms with E-state index in [1.807, 2.05) is 20.0 Å². The lowest BCUT2D eigenvalue weighted by molar-refractivity contribution is 0.383. The summed E-state index contributed by atoms with van der Waals surface area (Å²) in [5.41, 5.74) is 3.49.